The van der Waals surface area contributed by atoms with Crippen molar-refractivity contribution in [2.45, 2.75) is 19.3 Å². The van der Waals surface area contributed by atoms with E-state index in [1.165, 1.54) is 12.0 Å². The third kappa shape index (κ3) is 2.74. The van der Waals surface area contributed by atoms with Crippen LogP contribution in [0, 0.1) is 5.92 Å². The van der Waals surface area contributed by atoms with Crippen LogP contribution in [0.15, 0.2) is 22.7 Å². The predicted octanol–water partition coefficient (Wildman–Crippen LogP) is 3.82. The van der Waals surface area contributed by atoms with Crippen molar-refractivity contribution >= 4 is 27.5 Å². The average molecular weight is 289 g/mol. The van der Waals surface area contributed by atoms with E-state index in [9.17, 15) is 0 Å². The lowest BCUT2D eigenvalue weighted by Gasteiger charge is -2.03. The highest BCUT2D eigenvalue weighted by atomic mass is 79.9. The molecule has 1 N–H and O–H groups in total. The topological polar surface area (TPSA) is 12.0 Å². The van der Waals surface area contributed by atoms with Gasteiger partial charge in [-0.15, -0.1) is 0 Å². The highest BCUT2D eigenvalue weighted by Gasteiger charge is 2.37. The molecule has 0 aliphatic heterocycles. The third-order valence-corrected chi connectivity index (χ3v) is 4.16. The lowest BCUT2D eigenvalue weighted by Crippen LogP contribution is -2.16. The minimum Gasteiger partial charge on any atom is -0.317 e. The first kappa shape index (κ1) is 11.4. The van der Waals surface area contributed by atoms with Gasteiger partial charge in [0.15, 0.2) is 0 Å². The van der Waals surface area contributed by atoms with Crippen LogP contribution in [-0.2, 0) is 0 Å². The molecule has 1 nitrogen and oxygen atoms in total. The molecule has 0 bridgehead atoms. The summed E-state index contributed by atoms with van der Waals surface area (Å²) in [5.41, 5.74) is 1.41. The summed E-state index contributed by atoms with van der Waals surface area (Å²) >= 11 is 9.43. The zero-order chi connectivity index (χ0) is 10.8. The molecule has 15 heavy (non-hydrogen) atoms. The molecule has 0 saturated heterocycles. The van der Waals surface area contributed by atoms with Gasteiger partial charge in [-0.3, -0.25) is 0 Å². The largest absolute Gasteiger partial charge is 0.317 e. The highest BCUT2D eigenvalue weighted by Crippen LogP contribution is 2.47. The van der Waals surface area contributed by atoms with Gasteiger partial charge in [0.05, 0.1) is 5.02 Å². The van der Waals surface area contributed by atoms with Crippen LogP contribution in [0.25, 0.3) is 0 Å². The summed E-state index contributed by atoms with van der Waals surface area (Å²) in [5, 5.41) is 4.19. The summed E-state index contributed by atoms with van der Waals surface area (Å²) in [5.74, 6) is 1.55. The van der Waals surface area contributed by atoms with Gasteiger partial charge in [0.25, 0.3) is 0 Å². The maximum atomic E-state index is 5.97. The molecule has 0 aromatic heterocycles. The lowest BCUT2D eigenvalue weighted by atomic mass is 10.1. The van der Waals surface area contributed by atoms with Crippen molar-refractivity contribution in [3.8, 4) is 0 Å². The fraction of sp³-hybridized carbons (Fsp3) is 0.500. The van der Waals surface area contributed by atoms with Crippen LogP contribution in [-0.4, -0.2) is 13.1 Å². The first-order valence-electron chi connectivity index (χ1n) is 5.38. The Labute approximate surface area is 104 Å². The quantitative estimate of drug-likeness (QED) is 0.888. The predicted molar refractivity (Wildman–Crippen MR) is 68.5 cm³/mol. The molecule has 82 valence electrons. The SMILES string of the molecule is CCNCC1CC1c1ccc(Cl)c(Br)c1. The summed E-state index contributed by atoms with van der Waals surface area (Å²) in [7, 11) is 0. The molecule has 2 atom stereocenters. The Morgan fingerprint density at radius 1 is 1.53 bits per heavy atom. The summed E-state index contributed by atoms with van der Waals surface area (Å²) in [6.07, 6.45) is 1.31. The molecule has 1 aliphatic rings. The van der Waals surface area contributed by atoms with Crippen LogP contribution in [0.4, 0.5) is 0 Å². The Kier molecular flexibility index (Phi) is 3.70. The van der Waals surface area contributed by atoms with E-state index in [1.807, 2.05) is 6.07 Å². The zero-order valence-corrected chi connectivity index (χ0v) is 11.1. The second-order valence-corrected chi connectivity index (χ2v) is 5.35. The minimum atomic E-state index is 0.734. The van der Waals surface area contributed by atoms with Gasteiger partial charge in [-0.05, 0) is 65.0 Å². The molecule has 0 spiro atoms. The van der Waals surface area contributed by atoms with E-state index < -0.39 is 0 Å². The number of hydrogen-bond donors (Lipinski definition) is 1. The molecule has 1 aliphatic carbocycles. The monoisotopic (exact) mass is 287 g/mol. The van der Waals surface area contributed by atoms with Crippen molar-refractivity contribution in [3.63, 3.8) is 0 Å². The maximum absolute atomic E-state index is 5.97. The number of hydrogen-bond acceptors (Lipinski definition) is 1. The van der Waals surface area contributed by atoms with Crippen LogP contribution in [0.1, 0.15) is 24.8 Å². The van der Waals surface area contributed by atoms with Gasteiger partial charge in [0.2, 0.25) is 0 Å². The first-order chi connectivity index (χ1) is 7.22. The molecule has 0 heterocycles. The lowest BCUT2D eigenvalue weighted by molar-refractivity contribution is 0.649. The van der Waals surface area contributed by atoms with Crippen molar-refractivity contribution in [2.75, 3.05) is 13.1 Å². The Balaban J connectivity index is 1.98. The Morgan fingerprint density at radius 2 is 2.33 bits per heavy atom. The average Bonchev–Trinajstić information content (AvgIpc) is 2.98. The second-order valence-electron chi connectivity index (χ2n) is 4.08. The molecule has 1 saturated carbocycles. The van der Waals surface area contributed by atoms with Gasteiger partial charge in [-0.2, -0.15) is 0 Å². The fourth-order valence-corrected chi connectivity index (χ4v) is 2.47. The molecule has 1 aromatic rings. The van der Waals surface area contributed by atoms with E-state index in [4.69, 9.17) is 11.6 Å². The van der Waals surface area contributed by atoms with Crippen molar-refractivity contribution in [1.29, 1.82) is 0 Å². The van der Waals surface area contributed by atoms with Crippen molar-refractivity contribution in [1.82, 2.24) is 5.32 Å². The normalized spacial score (nSPS) is 24.2. The highest BCUT2D eigenvalue weighted by molar-refractivity contribution is 9.10. The van der Waals surface area contributed by atoms with Crippen LogP contribution in [0.5, 0.6) is 0 Å². The van der Waals surface area contributed by atoms with Gasteiger partial charge in [0.1, 0.15) is 0 Å². The third-order valence-electron chi connectivity index (χ3n) is 2.95. The fourth-order valence-electron chi connectivity index (χ4n) is 1.95. The van der Waals surface area contributed by atoms with E-state index in [1.54, 1.807) is 0 Å². The number of benzene rings is 1. The smallest absolute Gasteiger partial charge is 0.0548 e. The van der Waals surface area contributed by atoms with Gasteiger partial charge in [-0.25, -0.2) is 0 Å². The minimum absolute atomic E-state index is 0.734. The Bertz CT molecular complexity index is 353. The number of rotatable bonds is 4. The molecule has 0 radical (unpaired) electrons. The molecule has 2 unspecified atom stereocenters. The van der Waals surface area contributed by atoms with Gasteiger partial charge in [0, 0.05) is 4.47 Å². The van der Waals surface area contributed by atoms with E-state index in [-0.39, 0.29) is 0 Å². The summed E-state index contributed by atoms with van der Waals surface area (Å²) in [6.45, 7) is 4.35. The van der Waals surface area contributed by atoms with E-state index in [0.29, 0.717) is 0 Å². The van der Waals surface area contributed by atoms with Crippen LogP contribution in [0.2, 0.25) is 5.02 Å². The molecule has 1 fully saturated rings. The first-order valence-corrected chi connectivity index (χ1v) is 6.55. The molecule has 3 heteroatoms. The van der Waals surface area contributed by atoms with E-state index >= 15 is 0 Å². The van der Waals surface area contributed by atoms with Crippen molar-refractivity contribution in [3.05, 3.63) is 33.3 Å². The second kappa shape index (κ2) is 4.86. The molecular weight excluding hydrogens is 273 g/mol. The Hall–Kier alpha value is -0.0500. The standard InChI is InChI=1S/C12H15BrClN/c1-2-15-7-9-5-10(9)8-3-4-12(14)11(13)6-8/h3-4,6,9-10,15H,2,5,7H2,1H3. The maximum Gasteiger partial charge on any atom is 0.0548 e. The summed E-state index contributed by atoms with van der Waals surface area (Å²) < 4.78 is 1.01. The Morgan fingerprint density at radius 3 is 3.00 bits per heavy atom. The summed E-state index contributed by atoms with van der Waals surface area (Å²) in [6, 6.07) is 6.27. The number of nitrogens with one attached hydrogen (secondary N) is 1. The van der Waals surface area contributed by atoms with Gasteiger partial charge >= 0.3 is 0 Å². The van der Waals surface area contributed by atoms with E-state index in [2.05, 4.69) is 40.3 Å². The van der Waals surface area contributed by atoms with Crippen LogP contribution < -0.4 is 5.32 Å². The zero-order valence-electron chi connectivity index (χ0n) is 8.76. The van der Waals surface area contributed by atoms with E-state index in [0.717, 1.165) is 34.4 Å². The van der Waals surface area contributed by atoms with Crippen molar-refractivity contribution < 1.29 is 0 Å². The number of halogens is 2. The van der Waals surface area contributed by atoms with Gasteiger partial charge in [-0.1, -0.05) is 24.6 Å². The molecule has 2 rings (SSSR count). The van der Waals surface area contributed by atoms with Crippen molar-refractivity contribution in [2.24, 2.45) is 5.92 Å². The molecular formula is C12H15BrClN. The van der Waals surface area contributed by atoms with Gasteiger partial charge < -0.3 is 5.32 Å². The van der Waals surface area contributed by atoms with Crippen LogP contribution >= 0.6 is 27.5 Å². The molecule has 0 amide bonds. The molecule has 1 aromatic carbocycles. The van der Waals surface area contributed by atoms with Crippen LogP contribution in [0.3, 0.4) is 0 Å². The summed E-state index contributed by atoms with van der Waals surface area (Å²) in [4.78, 5) is 0.